The first-order valence-electron chi connectivity index (χ1n) is 6.21. The van der Waals surface area contributed by atoms with Gasteiger partial charge in [-0.05, 0) is 29.5 Å². The molecule has 2 rings (SSSR count). The van der Waals surface area contributed by atoms with Crippen molar-refractivity contribution in [3.63, 3.8) is 0 Å². The second-order valence-corrected chi connectivity index (χ2v) is 7.35. The molecule has 6 heteroatoms. The molecule has 0 radical (unpaired) electrons. The molecule has 2 aromatic rings. The summed E-state index contributed by atoms with van der Waals surface area (Å²) in [6.07, 6.45) is -0.804. The molecule has 1 heterocycles. The van der Waals surface area contributed by atoms with Crippen molar-refractivity contribution >= 4 is 21.4 Å². The highest BCUT2D eigenvalue weighted by Gasteiger charge is 2.16. The Morgan fingerprint density at radius 1 is 1.25 bits per heavy atom. The van der Waals surface area contributed by atoms with Crippen molar-refractivity contribution in [2.75, 3.05) is 6.54 Å². The maximum atomic E-state index is 12.0. The third kappa shape index (κ3) is 4.14. The second kappa shape index (κ2) is 6.49. The first-order chi connectivity index (χ1) is 9.48. The van der Waals surface area contributed by atoms with Gasteiger partial charge in [0.1, 0.15) is 6.10 Å². The van der Waals surface area contributed by atoms with Gasteiger partial charge in [-0.1, -0.05) is 30.3 Å². The molecule has 0 aliphatic carbocycles. The fourth-order valence-electron chi connectivity index (χ4n) is 1.82. The summed E-state index contributed by atoms with van der Waals surface area (Å²) < 4.78 is 26.5. The van der Waals surface area contributed by atoms with Crippen LogP contribution in [0.4, 0.5) is 0 Å². The zero-order valence-electron chi connectivity index (χ0n) is 11.1. The third-order valence-electron chi connectivity index (χ3n) is 2.97. The standard InChI is InChI=1S/C14H17NO3S2/c1-11-5-2-3-6-12(11)10-20(17,18)15-9-13(16)14-7-4-8-19-14/h2-8,13,15-16H,9-10H2,1H3. The molecule has 0 aliphatic heterocycles. The summed E-state index contributed by atoms with van der Waals surface area (Å²) in [7, 11) is -3.45. The number of rotatable bonds is 6. The highest BCUT2D eigenvalue weighted by molar-refractivity contribution is 7.88. The zero-order chi connectivity index (χ0) is 14.6. The van der Waals surface area contributed by atoms with Gasteiger partial charge >= 0.3 is 0 Å². The Labute approximate surface area is 123 Å². The SMILES string of the molecule is Cc1ccccc1CS(=O)(=O)NCC(O)c1cccs1. The summed E-state index contributed by atoms with van der Waals surface area (Å²) in [4.78, 5) is 0.753. The topological polar surface area (TPSA) is 66.4 Å². The molecule has 1 aromatic heterocycles. The van der Waals surface area contributed by atoms with E-state index in [0.29, 0.717) is 0 Å². The average Bonchev–Trinajstić information content (AvgIpc) is 2.93. The Morgan fingerprint density at radius 3 is 2.65 bits per heavy atom. The largest absolute Gasteiger partial charge is 0.386 e. The number of benzene rings is 1. The van der Waals surface area contributed by atoms with Crippen molar-refractivity contribution < 1.29 is 13.5 Å². The molecule has 20 heavy (non-hydrogen) atoms. The van der Waals surface area contributed by atoms with Crippen molar-refractivity contribution in [2.24, 2.45) is 0 Å². The second-order valence-electron chi connectivity index (χ2n) is 4.57. The average molecular weight is 311 g/mol. The van der Waals surface area contributed by atoms with Crippen LogP contribution < -0.4 is 4.72 Å². The van der Waals surface area contributed by atoms with Crippen molar-refractivity contribution in [3.8, 4) is 0 Å². The maximum absolute atomic E-state index is 12.0. The normalized spacial score (nSPS) is 13.3. The number of hydrogen-bond donors (Lipinski definition) is 2. The summed E-state index contributed by atoms with van der Waals surface area (Å²) in [6, 6.07) is 11.0. The smallest absolute Gasteiger partial charge is 0.215 e. The van der Waals surface area contributed by atoms with Crippen LogP contribution in [0, 0.1) is 6.92 Å². The maximum Gasteiger partial charge on any atom is 0.215 e. The Balaban J connectivity index is 1.96. The summed E-state index contributed by atoms with van der Waals surface area (Å²) in [5.41, 5.74) is 1.71. The lowest BCUT2D eigenvalue weighted by Gasteiger charge is -2.12. The van der Waals surface area contributed by atoms with Crippen LogP contribution >= 0.6 is 11.3 Å². The molecule has 0 aliphatic rings. The molecule has 0 bridgehead atoms. The lowest BCUT2D eigenvalue weighted by atomic mass is 10.1. The highest BCUT2D eigenvalue weighted by atomic mass is 32.2. The minimum atomic E-state index is -3.45. The minimum Gasteiger partial charge on any atom is -0.386 e. The molecule has 0 saturated heterocycles. The Hall–Kier alpha value is -1.21. The van der Waals surface area contributed by atoms with Gasteiger partial charge < -0.3 is 5.11 Å². The molecule has 0 fully saturated rings. The van der Waals surface area contributed by atoms with Gasteiger partial charge in [-0.2, -0.15) is 0 Å². The highest BCUT2D eigenvalue weighted by Crippen LogP contribution is 2.18. The van der Waals surface area contributed by atoms with Gasteiger partial charge in [0.05, 0.1) is 5.75 Å². The number of aliphatic hydroxyl groups is 1. The molecule has 0 amide bonds. The number of nitrogens with one attached hydrogen (secondary N) is 1. The van der Waals surface area contributed by atoms with Gasteiger partial charge in [0.15, 0.2) is 0 Å². The molecule has 1 unspecified atom stereocenters. The van der Waals surface area contributed by atoms with Gasteiger partial charge in [0, 0.05) is 11.4 Å². The summed E-state index contributed by atoms with van der Waals surface area (Å²) >= 11 is 1.40. The van der Waals surface area contributed by atoms with E-state index in [4.69, 9.17) is 0 Å². The number of thiophene rings is 1. The predicted octanol–water partition coefficient (Wildman–Crippen LogP) is 2.21. The van der Waals surface area contributed by atoms with E-state index in [2.05, 4.69) is 4.72 Å². The fourth-order valence-corrected chi connectivity index (χ4v) is 3.77. The summed E-state index contributed by atoms with van der Waals surface area (Å²) in [6.45, 7) is 1.88. The van der Waals surface area contributed by atoms with Crippen LogP contribution in [-0.4, -0.2) is 20.1 Å². The van der Waals surface area contributed by atoms with Crippen molar-refractivity contribution in [1.82, 2.24) is 4.72 Å². The Kier molecular flexibility index (Phi) is 4.93. The zero-order valence-corrected chi connectivity index (χ0v) is 12.7. The molecule has 108 valence electrons. The van der Waals surface area contributed by atoms with Crippen molar-refractivity contribution in [3.05, 3.63) is 57.8 Å². The molecule has 1 atom stereocenters. The fraction of sp³-hybridized carbons (Fsp3) is 0.286. The Morgan fingerprint density at radius 2 is 2.00 bits per heavy atom. The van der Waals surface area contributed by atoms with Crippen LogP contribution in [-0.2, 0) is 15.8 Å². The van der Waals surface area contributed by atoms with Crippen LogP contribution in [0.5, 0.6) is 0 Å². The van der Waals surface area contributed by atoms with Crippen LogP contribution in [0.1, 0.15) is 22.1 Å². The molecular formula is C14H17NO3S2. The van der Waals surface area contributed by atoms with E-state index in [0.717, 1.165) is 16.0 Å². The van der Waals surface area contributed by atoms with E-state index in [1.54, 1.807) is 12.1 Å². The van der Waals surface area contributed by atoms with Gasteiger partial charge in [-0.15, -0.1) is 11.3 Å². The van der Waals surface area contributed by atoms with E-state index in [-0.39, 0.29) is 12.3 Å². The first-order valence-corrected chi connectivity index (χ1v) is 8.74. The van der Waals surface area contributed by atoms with E-state index >= 15 is 0 Å². The molecule has 1 aromatic carbocycles. The third-order valence-corrected chi connectivity index (χ3v) is 5.25. The van der Waals surface area contributed by atoms with Gasteiger partial charge in [-0.3, -0.25) is 0 Å². The number of aliphatic hydroxyl groups excluding tert-OH is 1. The van der Waals surface area contributed by atoms with Gasteiger partial charge in [0.25, 0.3) is 0 Å². The number of sulfonamides is 1. The van der Waals surface area contributed by atoms with E-state index in [1.165, 1.54) is 11.3 Å². The molecule has 0 spiro atoms. The molecule has 0 saturated carbocycles. The Bertz CT molecular complexity index is 651. The quantitative estimate of drug-likeness (QED) is 0.859. The van der Waals surface area contributed by atoms with Crippen LogP contribution in [0.3, 0.4) is 0 Å². The number of aryl methyl sites for hydroxylation is 1. The minimum absolute atomic E-state index is 0.00523. The van der Waals surface area contributed by atoms with Crippen molar-refractivity contribution in [2.45, 2.75) is 18.8 Å². The first kappa shape index (κ1) is 15.2. The van der Waals surface area contributed by atoms with E-state index in [9.17, 15) is 13.5 Å². The van der Waals surface area contributed by atoms with E-state index in [1.807, 2.05) is 36.6 Å². The summed E-state index contributed by atoms with van der Waals surface area (Å²) in [5.74, 6) is -0.0726. The predicted molar refractivity (Wildman–Crippen MR) is 81.1 cm³/mol. The van der Waals surface area contributed by atoms with E-state index < -0.39 is 16.1 Å². The van der Waals surface area contributed by atoms with Crippen LogP contribution in [0.2, 0.25) is 0 Å². The molecule has 2 N–H and O–H groups in total. The molecule has 4 nitrogen and oxygen atoms in total. The van der Waals surface area contributed by atoms with Crippen LogP contribution in [0.15, 0.2) is 41.8 Å². The van der Waals surface area contributed by atoms with Crippen LogP contribution in [0.25, 0.3) is 0 Å². The number of hydrogen-bond acceptors (Lipinski definition) is 4. The van der Waals surface area contributed by atoms with Crippen molar-refractivity contribution in [1.29, 1.82) is 0 Å². The lowest BCUT2D eigenvalue weighted by Crippen LogP contribution is -2.29. The summed E-state index contributed by atoms with van der Waals surface area (Å²) in [5, 5.41) is 11.7. The van der Waals surface area contributed by atoms with Gasteiger partial charge in [-0.25, -0.2) is 13.1 Å². The molecular weight excluding hydrogens is 294 g/mol. The lowest BCUT2D eigenvalue weighted by molar-refractivity contribution is 0.185. The monoisotopic (exact) mass is 311 g/mol. The van der Waals surface area contributed by atoms with Gasteiger partial charge in [0.2, 0.25) is 10.0 Å².